The zero-order valence-corrected chi connectivity index (χ0v) is 7.67. The van der Waals surface area contributed by atoms with Gasteiger partial charge < -0.3 is 5.11 Å². The van der Waals surface area contributed by atoms with Gasteiger partial charge >= 0.3 is 0 Å². The maximum atomic E-state index is 9.01. The van der Waals surface area contributed by atoms with Gasteiger partial charge in [0.25, 0.3) is 0 Å². The number of hydrogen-bond acceptors (Lipinski definition) is 2. The Kier molecular flexibility index (Phi) is 5.16. The van der Waals surface area contributed by atoms with Gasteiger partial charge in [-0.1, -0.05) is 6.58 Å². The van der Waals surface area contributed by atoms with Gasteiger partial charge in [-0.05, 0) is 13.8 Å². The zero-order chi connectivity index (χ0) is 8.85. The highest BCUT2D eigenvalue weighted by molar-refractivity contribution is 6.21. The number of aliphatic hydroxyl groups excluding tert-OH is 1. The highest BCUT2D eigenvalue weighted by Crippen LogP contribution is 2.13. The summed E-state index contributed by atoms with van der Waals surface area (Å²) in [5, 5.41) is 8.73. The highest BCUT2D eigenvalue weighted by Gasteiger charge is 2.11. The van der Waals surface area contributed by atoms with Crippen LogP contribution in [0.3, 0.4) is 0 Å². The molecule has 0 bridgehead atoms. The van der Waals surface area contributed by atoms with Crippen LogP contribution in [0.2, 0.25) is 0 Å². The molecule has 0 amide bonds. The van der Waals surface area contributed by atoms with E-state index in [0.717, 1.165) is 0 Å². The number of hydrogen-bond donors (Lipinski definition) is 1. The Balaban J connectivity index is 3.75. The topological polar surface area (TPSA) is 32.6 Å². The average molecular weight is 176 g/mol. The lowest BCUT2D eigenvalue weighted by atomic mass is 10.2. The summed E-state index contributed by atoms with van der Waals surface area (Å²) in [6, 6.07) is 0. The first-order valence-corrected chi connectivity index (χ1v) is 4.00. The summed E-state index contributed by atoms with van der Waals surface area (Å²) in [5.41, 5.74) is 0.702. The number of aliphatic hydroxyl groups is 1. The van der Waals surface area contributed by atoms with Crippen LogP contribution in [0.25, 0.3) is 0 Å². The third-order valence-corrected chi connectivity index (χ3v) is 1.78. The Hall–Kier alpha value is -0.340. The lowest BCUT2D eigenvalue weighted by Crippen LogP contribution is -2.16. The first kappa shape index (κ1) is 10.7. The summed E-state index contributed by atoms with van der Waals surface area (Å²) in [6.45, 7) is 7.14. The fourth-order valence-electron chi connectivity index (χ4n) is 0.631. The normalized spacial score (nSPS) is 16.7. The van der Waals surface area contributed by atoms with Gasteiger partial charge in [-0.25, -0.2) is 0 Å². The van der Waals surface area contributed by atoms with Crippen molar-refractivity contribution in [2.45, 2.75) is 31.7 Å². The highest BCUT2D eigenvalue weighted by atomic mass is 35.5. The molecule has 0 aliphatic heterocycles. The van der Waals surface area contributed by atoms with Crippen molar-refractivity contribution in [3.8, 4) is 0 Å². The molecule has 0 spiro atoms. The number of aliphatic imine (C=N–C) groups is 1. The molecule has 0 aromatic heterocycles. The molecule has 0 aromatic rings. The molecule has 0 aliphatic rings. The molecule has 0 rings (SSSR count). The molecular weight excluding hydrogens is 162 g/mol. The smallest absolute Gasteiger partial charge is 0.0679 e. The fraction of sp³-hybridized carbons (Fsp3) is 0.625. The molecule has 0 saturated carbocycles. The number of allylic oxidation sites excluding steroid dienone is 1. The van der Waals surface area contributed by atoms with Crippen LogP contribution in [-0.2, 0) is 0 Å². The molecule has 0 saturated heterocycles. The number of rotatable bonds is 4. The summed E-state index contributed by atoms with van der Waals surface area (Å²) in [7, 11) is 0. The first-order chi connectivity index (χ1) is 5.07. The number of nitrogens with zero attached hydrogens (tertiary/aromatic N) is 1. The molecule has 2 nitrogen and oxygen atoms in total. The van der Waals surface area contributed by atoms with Crippen molar-refractivity contribution in [2.24, 2.45) is 4.99 Å². The Morgan fingerprint density at radius 3 is 2.73 bits per heavy atom. The van der Waals surface area contributed by atoms with Crippen LogP contribution in [-0.4, -0.2) is 22.8 Å². The molecule has 64 valence electrons. The van der Waals surface area contributed by atoms with E-state index in [2.05, 4.69) is 11.6 Å². The van der Waals surface area contributed by atoms with Crippen LogP contribution in [0, 0.1) is 0 Å². The van der Waals surface area contributed by atoms with E-state index in [1.54, 1.807) is 13.1 Å². The van der Waals surface area contributed by atoms with Gasteiger partial charge in [0.1, 0.15) is 0 Å². The van der Waals surface area contributed by atoms with E-state index in [1.807, 2.05) is 6.92 Å². The van der Waals surface area contributed by atoms with Crippen molar-refractivity contribution >= 4 is 17.8 Å². The van der Waals surface area contributed by atoms with E-state index in [1.165, 1.54) is 0 Å². The van der Waals surface area contributed by atoms with Gasteiger partial charge in [0.05, 0.1) is 11.5 Å². The van der Waals surface area contributed by atoms with E-state index in [-0.39, 0.29) is 5.38 Å². The van der Waals surface area contributed by atoms with Crippen LogP contribution in [0.5, 0.6) is 0 Å². The van der Waals surface area contributed by atoms with Crippen LogP contribution >= 0.6 is 11.6 Å². The molecule has 11 heavy (non-hydrogen) atoms. The lowest BCUT2D eigenvalue weighted by Gasteiger charge is -2.10. The Labute approximate surface area is 72.6 Å². The fourth-order valence-corrected chi connectivity index (χ4v) is 0.809. The molecule has 0 radical (unpaired) electrons. The van der Waals surface area contributed by atoms with Gasteiger partial charge in [0.15, 0.2) is 0 Å². The van der Waals surface area contributed by atoms with Gasteiger partial charge in [0, 0.05) is 18.3 Å². The predicted octanol–water partition coefficient (Wildman–Crippen LogP) is 1.97. The molecule has 2 atom stereocenters. The Morgan fingerprint density at radius 2 is 2.36 bits per heavy atom. The van der Waals surface area contributed by atoms with Crippen LogP contribution in [0.1, 0.15) is 20.3 Å². The molecule has 3 heteroatoms. The minimum absolute atomic E-state index is 0.286. The quantitative estimate of drug-likeness (QED) is 0.514. The third-order valence-electron chi connectivity index (χ3n) is 1.27. The first-order valence-electron chi connectivity index (χ1n) is 3.56. The largest absolute Gasteiger partial charge is 0.392 e. The molecule has 0 fully saturated rings. The Bertz CT molecular complexity index is 154. The summed E-state index contributed by atoms with van der Waals surface area (Å²) in [5.74, 6) is 0. The minimum atomic E-state index is -0.513. The third kappa shape index (κ3) is 4.99. The summed E-state index contributed by atoms with van der Waals surface area (Å²) < 4.78 is 0. The SMILES string of the molecule is C=C(CC(Cl)[C@@H](C)O)N=CC. The maximum Gasteiger partial charge on any atom is 0.0679 e. The zero-order valence-electron chi connectivity index (χ0n) is 6.92. The van der Waals surface area contributed by atoms with Crippen LogP contribution in [0.4, 0.5) is 0 Å². The maximum absolute atomic E-state index is 9.01. The molecule has 0 aliphatic carbocycles. The van der Waals surface area contributed by atoms with Gasteiger partial charge in [0.2, 0.25) is 0 Å². The average Bonchev–Trinajstić information content (AvgIpc) is 1.87. The number of alkyl halides is 1. The molecule has 1 N–H and O–H groups in total. The van der Waals surface area contributed by atoms with Gasteiger partial charge in [-0.15, -0.1) is 11.6 Å². The molecule has 0 aromatic carbocycles. The van der Waals surface area contributed by atoms with E-state index < -0.39 is 6.10 Å². The molecule has 1 unspecified atom stereocenters. The van der Waals surface area contributed by atoms with Gasteiger partial charge in [-0.3, -0.25) is 4.99 Å². The second-order valence-corrected chi connectivity index (χ2v) is 2.97. The standard InChI is InChI=1S/C8H14ClNO/c1-4-10-6(2)5-8(9)7(3)11/h4,7-8,11H,2,5H2,1,3H3/t7-,8?/m1/s1. The van der Waals surface area contributed by atoms with Gasteiger partial charge in [-0.2, -0.15) is 0 Å². The van der Waals surface area contributed by atoms with E-state index in [9.17, 15) is 0 Å². The second kappa shape index (κ2) is 5.33. The van der Waals surface area contributed by atoms with E-state index >= 15 is 0 Å². The van der Waals surface area contributed by atoms with Crippen molar-refractivity contribution in [3.05, 3.63) is 12.3 Å². The number of halogens is 1. The van der Waals surface area contributed by atoms with Crippen molar-refractivity contribution in [1.82, 2.24) is 0 Å². The van der Waals surface area contributed by atoms with Crippen LogP contribution in [0.15, 0.2) is 17.3 Å². The van der Waals surface area contributed by atoms with Crippen molar-refractivity contribution in [3.63, 3.8) is 0 Å². The Morgan fingerprint density at radius 1 is 1.82 bits per heavy atom. The monoisotopic (exact) mass is 175 g/mol. The lowest BCUT2D eigenvalue weighted by molar-refractivity contribution is 0.188. The second-order valence-electron chi connectivity index (χ2n) is 2.41. The van der Waals surface area contributed by atoms with E-state index in [0.29, 0.717) is 12.1 Å². The summed E-state index contributed by atoms with van der Waals surface area (Å²) in [4.78, 5) is 3.93. The molecular formula is C8H14ClNO. The van der Waals surface area contributed by atoms with E-state index in [4.69, 9.17) is 16.7 Å². The predicted molar refractivity (Wildman–Crippen MR) is 49.2 cm³/mol. The minimum Gasteiger partial charge on any atom is -0.392 e. The van der Waals surface area contributed by atoms with Crippen molar-refractivity contribution in [2.75, 3.05) is 0 Å². The van der Waals surface area contributed by atoms with Crippen molar-refractivity contribution < 1.29 is 5.11 Å². The van der Waals surface area contributed by atoms with Crippen molar-refractivity contribution in [1.29, 1.82) is 0 Å². The summed E-state index contributed by atoms with van der Waals surface area (Å²) in [6.07, 6.45) is 1.68. The molecule has 0 heterocycles. The van der Waals surface area contributed by atoms with Crippen LogP contribution < -0.4 is 0 Å². The summed E-state index contributed by atoms with van der Waals surface area (Å²) >= 11 is 5.76.